The fourth-order valence-corrected chi connectivity index (χ4v) is 4.28. The molecule has 2 rings (SSSR count). The molecule has 0 bridgehead atoms. The molecule has 0 amide bonds. The lowest BCUT2D eigenvalue weighted by molar-refractivity contribution is 0.195. The Morgan fingerprint density at radius 1 is 1.13 bits per heavy atom. The van der Waals surface area contributed by atoms with Crippen LogP contribution in [0.2, 0.25) is 0 Å². The average Bonchev–Trinajstić information content (AvgIpc) is 2.56. The molecule has 0 N–H and O–H groups in total. The number of piperidine rings is 1. The molecule has 23 heavy (non-hydrogen) atoms. The maximum Gasteiger partial charge on any atom is 0.353 e. The molecule has 5 heteroatoms. The summed E-state index contributed by atoms with van der Waals surface area (Å²) in [6, 6.07) is 10.6. The topological polar surface area (TPSA) is 38.8 Å². The van der Waals surface area contributed by atoms with Gasteiger partial charge in [0.15, 0.2) is 0 Å². The van der Waals surface area contributed by atoms with Crippen LogP contribution in [0.25, 0.3) is 0 Å². The van der Waals surface area contributed by atoms with Crippen LogP contribution in [-0.4, -0.2) is 31.2 Å². The first-order chi connectivity index (χ1) is 11.1. The minimum Gasteiger partial charge on any atom is -0.306 e. The van der Waals surface area contributed by atoms with Gasteiger partial charge in [0.1, 0.15) is 0 Å². The third-order valence-corrected chi connectivity index (χ3v) is 5.81. The van der Waals surface area contributed by atoms with E-state index in [0.29, 0.717) is 19.1 Å². The summed E-state index contributed by atoms with van der Waals surface area (Å²) in [5, 5.41) is 0. The molecule has 0 spiro atoms. The molecule has 128 valence electrons. The molecule has 0 atom stereocenters. The van der Waals surface area contributed by atoms with Crippen molar-refractivity contribution >= 4 is 7.60 Å². The molecule has 0 unspecified atom stereocenters. The van der Waals surface area contributed by atoms with E-state index in [4.69, 9.17) is 9.05 Å². The number of likely N-dealkylation sites (tertiary alicyclic amines) is 1. The van der Waals surface area contributed by atoms with Gasteiger partial charge in [-0.2, -0.15) is 0 Å². The van der Waals surface area contributed by atoms with Gasteiger partial charge in [0, 0.05) is 12.4 Å². The fraction of sp³-hybridized carbons (Fsp3) is 0.556. The van der Waals surface area contributed by atoms with Gasteiger partial charge in [-0.15, -0.1) is 0 Å². The Morgan fingerprint density at radius 2 is 1.74 bits per heavy atom. The molecule has 1 fully saturated rings. The number of hydrogen-bond donors (Lipinski definition) is 0. The second kappa shape index (κ2) is 9.39. The molecule has 0 aromatic heterocycles. The molecule has 1 saturated heterocycles. The van der Waals surface area contributed by atoms with Gasteiger partial charge in [-0.25, -0.2) is 0 Å². The van der Waals surface area contributed by atoms with E-state index in [1.165, 1.54) is 5.56 Å². The first kappa shape index (κ1) is 18.4. The maximum absolute atomic E-state index is 12.4. The van der Waals surface area contributed by atoms with Gasteiger partial charge < -0.3 is 9.05 Å². The monoisotopic (exact) mass is 337 g/mol. The first-order valence-electron chi connectivity index (χ1n) is 8.49. The molecule has 1 aromatic rings. The molecule has 4 nitrogen and oxygen atoms in total. The van der Waals surface area contributed by atoms with Crippen LogP contribution >= 0.6 is 7.60 Å². The molecule has 0 radical (unpaired) electrons. The van der Waals surface area contributed by atoms with Crippen LogP contribution in [0.15, 0.2) is 42.2 Å². The van der Waals surface area contributed by atoms with Gasteiger partial charge in [0.25, 0.3) is 0 Å². The second-order valence-electron chi connectivity index (χ2n) is 5.82. The van der Waals surface area contributed by atoms with Gasteiger partial charge in [0.2, 0.25) is 0 Å². The van der Waals surface area contributed by atoms with Crippen LogP contribution in [-0.2, 0) is 20.2 Å². The van der Waals surface area contributed by atoms with Crippen molar-refractivity contribution in [1.82, 2.24) is 4.90 Å². The van der Waals surface area contributed by atoms with Crippen molar-refractivity contribution in [1.29, 1.82) is 0 Å². The highest BCUT2D eigenvalue weighted by atomic mass is 31.2. The van der Waals surface area contributed by atoms with E-state index < -0.39 is 7.60 Å². The zero-order chi connectivity index (χ0) is 16.5. The Kier molecular flexibility index (Phi) is 7.51. The van der Waals surface area contributed by atoms with Gasteiger partial charge in [0.05, 0.1) is 13.2 Å². The van der Waals surface area contributed by atoms with Crippen LogP contribution < -0.4 is 0 Å². The summed E-state index contributed by atoms with van der Waals surface area (Å²) < 4.78 is 23.0. The SMILES string of the molecule is CCOP(=O)(C=CC1CCN(Cc2ccccc2)CC1)OCC. The normalized spacial score (nSPS) is 17.8. The van der Waals surface area contributed by atoms with E-state index >= 15 is 0 Å². The molecule has 1 aliphatic rings. The van der Waals surface area contributed by atoms with Crippen molar-refractivity contribution in [2.24, 2.45) is 5.92 Å². The molecule has 1 aliphatic heterocycles. The summed E-state index contributed by atoms with van der Waals surface area (Å²) in [6.07, 6.45) is 4.20. The molecule has 1 aromatic carbocycles. The van der Waals surface area contributed by atoms with Crippen LogP contribution in [0, 0.1) is 5.92 Å². The van der Waals surface area contributed by atoms with E-state index in [1.807, 2.05) is 19.9 Å². The lowest BCUT2D eigenvalue weighted by Crippen LogP contribution is -2.32. The van der Waals surface area contributed by atoms with E-state index in [-0.39, 0.29) is 0 Å². The van der Waals surface area contributed by atoms with Gasteiger partial charge >= 0.3 is 7.60 Å². The third-order valence-electron chi connectivity index (χ3n) is 4.04. The third kappa shape index (κ3) is 6.23. The summed E-state index contributed by atoms with van der Waals surface area (Å²) in [7, 11) is -3.05. The van der Waals surface area contributed by atoms with Crippen molar-refractivity contribution in [3.63, 3.8) is 0 Å². The minimum atomic E-state index is -3.05. The number of rotatable bonds is 8. The predicted molar refractivity (Wildman–Crippen MR) is 94.4 cm³/mol. The summed E-state index contributed by atoms with van der Waals surface area (Å²) in [5.74, 6) is 2.12. The van der Waals surface area contributed by atoms with Gasteiger partial charge in [-0.1, -0.05) is 36.4 Å². The quantitative estimate of drug-likeness (QED) is 0.646. The lowest BCUT2D eigenvalue weighted by atomic mass is 9.97. The standard InChI is InChI=1S/C18H28NO3P/c1-3-21-23(20,22-4-2)15-12-17-10-13-19(14-11-17)16-18-8-6-5-7-9-18/h5-9,12,15,17H,3-4,10-11,13-14,16H2,1-2H3. The van der Waals surface area contributed by atoms with Gasteiger partial charge in [-0.3, -0.25) is 9.46 Å². The Morgan fingerprint density at radius 3 is 2.30 bits per heavy atom. The maximum atomic E-state index is 12.4. The zero-order valence-corrected chi connectivity index (χ0v) is 15.1. The second-order valence-corrected chi connectivity index (χ2v) is 7.71. The van der Waals surface area contributed by atoms with Crippen LogP contribution in [0.5, 0.6) is 0 Å². The van der Waals surface area contributed by atoms with Gasteiger partial charge in [-0.05, 0) is 51.3 Å². The number of nitrogens with zero attached hydrogens (tertiary/aromatic N) is 1. The summed E-state index contributed by atoms with van der Waals surface area (Å²) in [5.41, 5.74) is 1.36. The largest absolute Gasteiger partial charge is 0.353 e. The summed E-state index contributed by atoms with van der Waals surface area (Å²) >= 11 is 0. The summed E-state index contributed by atoms with van der Waals surface area (Å²) in [6.45, 7) is 7.61. The predicted octanol–water partition coefficient (Wildman–Crippen LogP) is 4.68. The Bertz CT molecular complexity index is 514. The highest BCUT2D eigenvalue weighted by molar-refractivity contribution is 7.57. The summed E-state index contributed by atoms with van der Waals surface area (Å²) in [4.78, 5) is 2.48. The number of hydrogen-bond acceptors (Lipinski definition) is 4. The van der Waals surface area contributed by atoms with Crippen LogP contribution in [0.1, 0.15) is 32.3 Å². The number of allylic oxidation sites excluding steroid dienone is 1. The molecular weight excluding hydrogens is 309 g/mol. The van der Waals surface area contributed by atoms with E-state index in [2.05, 4.69) is 35.2 Å². The van der Waals surface area contributed by atoms with Crippen LogP contribution in [0.4, 0.5) is 0 Å². The van der Waals surface area contributed by atoms with Crippen molar-refractivity contribution in [2.45, 2.75) is 33.2 Å². The van der Waals surface area contributed by atoms with Crippen molar-refractivity contribution in [2.75, 3.05) is 26.3 Å². The van der Waals surface area contributed by atoms with Crippen molar-refractivity contribution in [3.05, 3.63) is 47.8 Å². The Balaban J connectivity index is 1.82. The average molecular weight is 337 g/mol. The highest BCUT2D eigenvalue weighted by Crippen LogP contribution is 2.50. The first-order valence-corrected chi connectivity index (χ1v) is 10.1. The van der Waals surface area contributed by atoms with E-state index in [0.717, 1.165) is 32.5 Å². The van der Waals surface area contributed by atoms with Crippen LogP contribution in [0.3, 0.4) is 0 Å². The van der Waals surface area contributed by atoms with E-state index in [1.54, 1.807) is 5.82 Å². The molecular formula is C18H28NO3P. The Hall–Kier alpha value is -0.930. The van der Waals surface area contributed by atoms with Crippen molar-refractivity contribution in [3.8, 4) is 0 Å². The fourth-order valence-electron chi connectivity index (χ4n) is 2.86. The zero-order valence-electron chi connectivity index (χ0n) is 14.2. The molecule has 0 saturated carbocycles. The highest BCUT2D eigenvalue weighted by Gasteiger charge is 2.22. The lowest BCUT2D eigenvalue weighted by Gasteiger charge is -2.30. The molecule has 0 aliphatic carbocycles. The molecule has 1 heterocycles. The van der Waals surface area contributed by atoms with Crippen molar-refractivity contribution < 1.29 is 13.6 Å². The van der Waals surface area contributed by atoms with E-state index in [9.17, 15) is 4.57 Å². The minimum absolute atomic E-state index is 0.400. The smallest absolute Gasteiger partial charge is 0.306 e. The Labute approximate surface area is 140 Å². The number of benzene rings is 1.